The van der Waals surface area contributed by atoms with Crippen LogP contribution < -0.4 is 5.32 Å². The summed E-state index contributed by atoms with van der Waals surface area (Å²) >= 11 is 0. The van der Waals surface area contributed by atoms with E-state index in [0.29, 0.717) is 6.04 Å². The number of nitrogens with zero attached hydrogens (tertiary/aromatic N) is 3. The largest absolute Gasteiger partial charge is 0.310 e. The Kier molecular flexibility index (Phi) is 2.92. The highest BCUT2D eigenvalue weighted by atomic mass is 15.2. The summed E-state index contributed by atoms with van der Waals surface area (Å²) in [4.78, 5) is 4.44. The van der Waals surface area contributed by atoms with Crippen LogP contribution in [-0.4, -0.2) is 20.6 Å². The van der Waals surface area contributed by atoms with Gasteiger partial charge in [0.2, 0.25) is 0 Å². The second-order valence-electron chi connectivity index (χ2n) is 4.48. The zero-order valence-corrected chi connectivity index (χ0v) is 10.3. The number of rotatable bonds is 3. The molecule has 0 aliphatic rings. The minimum absolute atomic E-state index is 0.483. The van der Waals surface area contributed by atoms with E-state index in [1.165, 1.54) is 0 Å². The summed E-state index contributed by atoms with van der Waals surface area (Å²) in [5, 5.41) is 7.79. The summed E-state index contributed by atoms with van der Waals surface area (Å²) < 4.78 is 1.86. The van der Waals surface area contributed by atoms with Gasteiger partial charge in [-0.15, -0.1) is 0 Å². The average Bonchev–Trinajstić information content (AvgIpc) is 2.52. The van der Waals surface area contributed by atoms with Crippen LogP contribution in [0.5, 0.6) is 0 Å². The minimum Gasteiger partial charge on any atom is -0.310 e. The molecule has 1 N–H and O–H groups in total. The fourth-order valence-corrected chi connectivity index (χ4v) is 1.61. The SMILES string of the molecule is Cc1nn2cc(CNC(C)C)cnc2c1C. The Morgan fingerprint density at radius 2 is 2.12 bits per heavy atom. The van der Waals surface area contributed by atoms with Gasteiger partial charge in [-0.1, -0.05) is 13.8 Å². The van der Waals surface area contributed by atoms with Crippen molar-refractivity contribution >= 4 is 5.65 Å². The lowest BCUT2D eigenvalue weighted by molar-refractivity contribution is 0.586. The first-order valence-electron chi connectivity index (χ1n) is 5.62. The average molecular weight is 218 g/mol. The van der Waals surface area contributed by atoms with Crippen LogP contribution in [-0.2, 0) is 6.54 Å². The molecule has 2 aromatic rings. The predicted octanol–water partition coefficient (Wildman–Crippen LogP) is 1.84. The third-order valence-corrected chi connectivity index (χ3v) is 2.71. The minimum atomic E-state index is 0.483. The van der Waals surface area contributed by atoms with Gasteiger partial charge >= 0.3 is 0 Å². The van der Waals surface area contributed by atoms with Crippen LogP contribution in [0.15, 0.2) is 12.4 Å². The maximum atomic E-state index is 4.44. The van der Waals surface area contributed by atoms with Gasteiger partial charge in [0.15, 0.2) is 5.65 Å². The number of hydrogen-bond acceptors (Lipinski definition) is 3. The molecule has 0 aliphatic carbocycles. The molecular formula is C12H18N4. The van der Waals surface area contributed by atoms with Gasteiger partial charge in [0.1, 0.15) is 0 Å². The Morgan fingerprint density at radius 3 is 2.81 bits per heavy atom. The van der Waals surface area contributed by atoms with Crippen molar-refractivity contribution in [2.45, 2.75) is 40.3 Å². The molecule has 0 spiro atoms. The second kappa shape index (κ2) is 4.22. The monoisotopic (exact) mass is 218 g/mol. The van der Waals surface area contributed by atoms with E-state index in [-0.39, 0.29) is 0 Å². The molecule has 86 valence electrons. The molecule has 2 aromatic heterocycles. The zero-order valence-electron chi connectivity index (χ0n) is 10.3. The van der Waals surface area contributed by atoms with Crippen LogP contribution >= 0.6 is 0 Å². The van der Waals surface area contributed by atoms with Gasteiger partial charge in [0.25, 0.3) is 0 Å². The van der Waals surface area contributed by atoms with Crippen molar-refractivity contribution in [1.29, 1.82) is 0 Å². The normalized spacial score (nSPS) is 11.6. The Hall–Kier alpha value is -1.42. The summed E-state index contributed by atoms with van der Waals surface area (Å²) in [6.45, 7) is 9.16. The molecule has 0 aromatic carbocycles. The summed E-state index contributed by atoms with van der Waals surface area (Å²) in [5.74, 6) is 0. The molecule has 16 heavy (non-hydrogen) atoms. The molecule has 0 bridgehead atoms. The number of aromatic nitrogens is 3. The highest BCUT2D eigenvalue weighted by molar-refractivity contribution is 5.48. The predicted molar refractivity (Wildman–Crippen MR) is 64.4 cm³/mol. The van der Waals surface area contributed by atoms with E-state index in [4.69, 9.17) is 0 Å². The van der Waals surface area contributed by atoms with E-state index in [9.17, 15) is 0 Å². The fourth-order valence-electron chi connectivity index (χ4n) is 1.61. The van der Waals surface area contributed by atoms with E-state index in [0.717, 1.165) is 29.0 Å². The van der Waals surface area contributed by atoms with Gasteiger partial charge in [-0.3, -0.25) is 0 Å². The number of hydrogen-bond donors (Lipinski definition) is 1. The lowest BCUT2D eigenvalue weighted by atomic mass is 10.3. The summed E-state index contributed by atoms with van der Waals surface area (Å²) in [5.41, 5.74) is 4.30. The van der Waals surface area contributed by atoms with Crippen LogP contribution in [0, 0.1) is 13.8 Å². The molecule has 4 nitrogen and oxygen atoms in total. The first-order chi connectivity index (χ1) is 7.58. The van der Waals surface area contributed by atoms with Gasteiger partial charge in [0, 0.05) is 36.1 Å². The molecule has 4 heteroatoms. The standard InChI is InChI=1S/C12H18N4/c1-8(2)13-5-11-6-14-12-9(3)10(4)15-16(12)7-11/h6-8,13H,5H2,1-4H3. The van der Waals surface area contributed by atoms with Crippen molar-refractivity contribution in [1.82, 2.24) is 19.9 Å². The van der Waals surface area contributed by atoms with Gasteiger partial charge in [-0.25, -0.2) is 9.50 Å². The van der Waals surface area contributed by atoms with Crippen LogP contribution in [0.3, 0.4) is 0 Å². The van der Waals surface area contributed by atoms with E-state index >= 15 is 0 Å². The lowest BCUT2D eigenvalue weighted by Crippen LogP contribution is -2.22. The molecule has 0 radical (unpaired) electrons. The summed E-state index contributed by atoms with van der Waals surface area (Å²) in [7, 11) is 0. The molecule has 0 aliphatic heterocycles. The molecule has 0 atom stereocenters. The van der Waals surface area contributed by atoms with Crippen LogP contribution in [0.25, 0.3) is 5.65 Å². The highest BCUT2D eigenvalue weighted by Gasteiger charge is 2.06. The van der Waals surface area contributed by atoms with Gasteiger partial charge in [-0.05, 0) is 13.8 Å². The first kappa shape index (κ1) is 11.1. The zero-order chi connectivity index (χ0) is 11.7. The van der Waals surface area contributed by atoms with E-state index in [2.05, 4.69) is 36.2 Å². The van der Waals surface area contributed by atoms with E-state index < -0.39 is 0 Å². The molecular weight excluding hydrogens is 200 g/mol. The van der Waals surface area contributed by atoms with Gasteiger partial charge in [0.05, 0.1) is 5.69 Å². The fraction of sp³-hybridized carbons (Fsp3) is 0.500. The molecule has 0 saturated heterocycles. The summed E-state index contributed by atoms with van der Waals surface area (Å²) in [6.07, 6.45) is 3.95. The van der Waals surface area contributed by atoms with Crippen LogP contribution in [0.4, 0.5) is 0 Å². The Morgan fingerprint density at radius 1 is 1.38 bits per heavy atom. The van der Waals surface area contributed by atoms with Crippen LogP contribution in [0.2, 0.25) is 0 Å². The third kappa shape index (κ3) is 2.07. The first-order valence-corrected chi connectivity index (χ1v) is 5.62. The van der Waals surface area contributed by atoms with Crippen molar-refractivity contribution in [2.75, 3.05) is 0 Å². The molecule has 0 fully saturated rings. The van der Waals surface area contributed by atoms with Crippen molar-refractivity contribution < 1.29 is 0 Å². The molecule has 2 rings (SSSR count). The highest BCUT2D eigenvalue weighted by Crippen LogP contribution is 2.11. The molecule has 0 saturated carbocycles. The van der Waals surface area contributed by atoms with Crippen molar-refractivity contribution in [3.05, 3.63) is 29.2 Å². The topological polar surface area (TPSA) is 42.2 Å². The van der Waals surface area contributed by atoms with Gasteiger partial charge < -0.3 is 5.32 Å². The Balaban J connectivity index is 2.30. The van der Waals surface area contributed by atoms with Crippen molar-refractivity contribution in [2.24, 2.45) is 0 Å². The smallest absolute Gasteiger partial charge is 0.158 e. The number of nitrogens with one attached hydrogen (secondary N) is 1. The van der Waals surface area contributed by atoms with E-state index in [1.54, 1.807) is 0 Å². The molecule has 0 unspecified atom stereocenters. The Bertz CT molecular complexity index is 499. The van der Waals surface area contributed by atoms with Crippen molar-refractivity contribution in [3.63, 3.8) is 0 Å². The second-order valence-corrected chi connectivity index (χ2v) is 4.48. The maximum absolute atomic E-state index is 4.44. The van der Waals surface area contributed by atoms with Crippen LogP contribution in [0.1, 0.15) is 30.7 Å². The summed E-state index contributed by atoms with van der Waals surface area (Å²) in [6, 6.07) is 0.483. The Labute approximate surface area is 95.7 Å². The maximum Gasteiger partial charge on any atom is 0.158 e. The lowest BCUT2D eigenvalue weighted by Gasteiger charge is -2.07. The molecule has 2 heterocycles. The quantitative estimate of drug-likeness (QED) is 0.854. The van der Waals surface area contributed by atoms with Gasteiger partial charge in [-0.2, -0.15) is 5.10 Å². The molecule has 0 amide bonds. The number of fused-ring (bicyclic) bond motifs is 1. The van der Waals surface area contributed by atoms with E-state index in [1.807, 2.05) is 23.8 Å². The van der Waals surface area contributed by atoms with Crippen molar-refractivity contribution in [3.8, 4) is 0 Å². The third-order valence-electron chi connectivity index (χ3n) is 2.71. The number of aryl methyl sites for hydroxylation is 2.